The Balaban J connectivity index is 2.17. The van der Waals surface area contributed by atoms with Crippen LogP contribution in [0.5, 0.6) is 0 Å². The maximum absolute atomic E-state index is 11.6. The van der Waals surface area contributed by atoms with Crippen molar-refractivity contribution in [2.75, 3.05) is 0 Å². The third kappa shape index (κ3) is 2.43. The maximum Gasteiger partial charge on any atom is 0.156 e. The SMILES string of the molecule is CC1=CC(=O)CC(/C=C2\CC=C(C)C2(C)C)C1. The lowest BCUT2D eigenvalue weighted by Gasteiger charge is -2.26. The third-order valence-corrected chi connectivity index (χ3v) is 4.31. The van der Waals surface area contributed by atoms with Crippen molar-refractivity contribution in [3.8, 4) is 0 Å². The molecule has 0 aliphatic heterocycles. The fraction of sp³-hybridized carbons (Fsp3) is 0.562. The standard InChI is InChI=1S/C16H22O/c1-11-7-13(10-15(17)8-11)9-14-6-5-12(2)16(14,3)4/h5,8-9,13H,6-7,10H2,1-4H3/b14-9+. The third-order valence-electron chi connectivity index (χ3n) is 4.31. The van der Waals surface area contributed by atoms with E-state index in [0.717, 1.165) is 12.8 Å². The first kappa shape index (κ1) is 12.3. The maximum atomic E-state index is 11.6. The summed E-state index contributed by atoms with van der Waals surface area (Å²) >= 11 is 0. The predicted octanol–water partition coefficient (Wildman–Crippen LogP) is 4.21. The van der Waals surface area contributed by atoms with E-state index in [1.807, 2.05) is 0 Å². The first-order chi connectivity index (χ1) is 7.89. The molecule has 17 heavy (non-hydrogen) atoms. The van der Waals surface area contributed by atoms with Crippen LogP contribution in [0.3, 0.4) is 0 Å². The van der Waals surface area contributed by atoms with Gasteiger partial charge < -0.3 is 0 Å². The zero-order chi connectivity index (χ0) is 12.6. The highest BCUT2D eigenvalue weighted by molar-refractivity contribution is 5.91. The van der Waals surface area contributed by atoms with Gasteiger partial charge in [-0.15, -0.1) is 0 Å². The summed E-state index contributed by atoms with van der Waals surface area (Å²) in [6.45, 7) is 8.83. The summed E-state index contributed by atoms with van der Waals surface area (Å²) < 4.78 is 0. The second-order valence-corrected chi connectivity index (χ2v) is 6.03. The van der Waals surface area contributed by atoms with Gasteiger partial charge in [-0.3, -0.25) is 4.79 Å². The van der Waals surface area contributed by atoms with Crippen LogP contribution in [0.15, 0.2) is 34.9 Å². The lowest BCUT2D eigenvalue weighted by molar-refractivity contribution is -0.115. The van der Waals surface area contributed by atoms with Gasteiger partial charge in [0.15, 0.2) is 5.78 Å². The average Bonchev–Trinajstić information content (AvgIpc) is 2.43. The van der Waals surface area contributed by atoms with Crippen LogP contribution < -0.4 is 0 Å². The quantitative estimate of drug-likeness (QED) is 0.616. The molecule has 0 bridgehead atoms. The normalized spacial score (nSPS) is 30.5. The predicted molar refractivity (Wildman–Crippen MR) is 71.7 cm³/mol. The Morgan fingerprint density at radius 2 is 2.00 bits per heavy atom. The first-order valence-electron chi connectivity index (χ1n) is 6.48. The molecule has 2 rings (SSSR count). The van der Waals surface area contributed by atoms with Gasteiger partial charge in [-0.2, -0.15) is 0 Å². The molecule has 1 atom stereocenters. The van der Waals surface area contributed by atoms with Crippen LogP contribution in [-0.4, -0.2) is 5.78 Å². The van der Waals surface area contributed by atoms with Crippen molar-refractivity contribution in [2.24, 2.45) is 11.3 Å². The number of hydrogen-bond donors (Lipinski definition) is 0. The second-order valence-electron chi connectivity index (χ2n) is 6.03. The van der Waals surface area contributed by atoms with Gasteiger partial charge >= 0.3 is 0 Å². The Morgan fingerprint density at radius 1 is 1.29 bits per heavy atom. The van der Waals surface area contributed by atoms with Gasteiger partial charge in [0, 0.05) is 11.8 Å². The summed E-state index contributed by atoms with van der Waals surface area (Å²) in [6.07, 6.45) is 9.28. The Labute approximate surface area is 104 Å². The van der Waals surface area contributed by atoms with E-state index < -0.39 is 0 Å². The minimum atomic E-state index is 0.193. The molecule has 0 saturated heterocycles. The lowest BCUT2D eigenvalue weighted by atomic mass is 9.79. The Morgan fingerprint density at radius 3 is 2.53 bits per heavy atom. The Hall–Kier alpha value is -1.11. The summed E-state index contributed by atoms with van der Waals surface area (Å²) in [7, 11) is 0. The smallest absolute Gasteiger partial charge is 0.156 e. The fourth-order valence-corrected chi connectivity index (χ4v) is 2.84. The molecule has 1 nitrogen and oxygen atoms in total. The van der Waals surface area contributed by atoms with E-state index >= 15 is 0 Å². The van der Waals surface area contributed by atoms with E-state index in [1.165, 1.54) is 16.7 Å². The molecule has 2 aliphatic carbocycles. The van der Waals surface area contributed by atoms with Gasteiger partial charge in [-0.05, 0) is 38.7 Å². The zero-order valence-corrected chi connectivity index (χ0v) is 11.3. The zero-order valence-electron chi connectivity index (χ0n) is 11.3. The summed E-state index contributed by atoms with van der Waals surface area (Å²) in [5.74, 6) is 0.706. The molecule has 0 N–H and O–H groups in total. The van der Waals surface area contributed by atoms with Gasteiger partial charge in [0.1, 0.15) is 0 Å². The number of carbonyl (C=O) groups excluding carboxylic acids is 1. The first-order valence-corrected chi connectivity index (χ1v) is 6.48. The minimum absolute atomic E-state index is 0.193. The van der Waals surface area contributed by atoms with E-state index in [4.69, 9.17) is 0 Å². The molecule has 0 saturated carbocycles. The van der Waals surface area contributed by atoms with Crippen LogP contribution >= 0.6 is 0 Å². The molecule has 0 aromatic rings. The topological polar surface area (TPSA) is 17.1 Å². The molecule has 1 heteroatoms. The molecule has 0 aromatic carbocycles. The van der Waals surface area contributed by atoms with Crippen molar-refractivity contribution in [3.05, 3.63) is 34.9 Å². The van der Waals surface area contributed by atoms with Gasteiger partial charge in [-0.1, -0.05) is 42.7 Å². The van der Waals surface area contributed by atoms with Gasteiger partial charge in [0.25, 0.3) is 0 Å². The van der Waals surface area contributed by atoms with Crippen molar-refractivity contribution in [3.63, 3.8) is 0 Å². The van der Waals surface area contributed by atoms with Crippen molar-refractivity contribution in [1.29, 1.82) is 0 Å². The van der Waals surface area contributed by atoms with E-state index in [-0.39, 0.29) is 11.2 Å². The van der Waals surface area contributed by atoms with Crippen LogP contribution in [0, 0.1) is 11.3 Å². The van der Waals surface area contributed by atoms with Crippen LogP contribution in [-0.2, 0) is 4.79 Å². The van der Waals surface area contributed by atoms with Crippen LogP contribution in [0.25, 0.3) is 0 Å². The molecular formula is C16H22O. The highest BCUT2D eigenvalue weighted by Gasteiger charge is 2.30. The van der Waals surface area contributed by atoms with Crippen molar-refractivity contribution in [1.82, 2.24) is 0 Å². The number of rotatable bonds is 1. The van der Waals surface area contributed by atoms with Gasteiger partial charge in [-0.25, -0.2) is 0 Å². The summed E-state index contributed by atoms with van der Waals surface area (Å²) in [4.78, 5) is 11.6. The number of hydrogen-bond acceptors (Lipinski definition) is 1. The highest BCUT2D eigenvalue weighted by atomic mass is 16.1. The van der Waals surface area contributed by atoms with Gasteiger partial charge in [0.05, 0.1) is 0 Å². The largest absolute Gasteiger partial charge is 0.295 e. The fourth-order valence-electron chi connectivity index (χ4n) is 2.84. The number of ketones is 1. The molecule has 0 fully saturated rings. The van der Waals surface area contributed by atoms with Gasteiger partial charge in [0.2, 0.25) is 0 Å². The summed E-state index contributed by atoms with van der Waals surface area (Å²) in [5, 5.41) is 0. The summed E-state index contributed by atoms with van der Waals surface area (Å²) in [5.41, 5.74) is 4.36. The van der Waals surface area contributed by atoms with Crippen LogP contribution in [0.4, 0.5) is 0 Å². The molecule has 0 radical (unpaired) electrons. The summed E-state index contributed by atoms with van der Waals surface area (Å²) in [6, 6.07) is 0. The lowest BCUT2D eigenvalue weighted by Crippen LogP contribution is -2.16. The van der Waals surface area contributed by atoms with Crippen molar-refractivity contribution < 1.29 is 4.79 Å². The van der Waals surface area contributed by atoms with Crippen molar-refractivity contribution >= 4 is 5.78 Å². The minimum Gasteiger partial charge on any atom is -0.295 e. The molecule has 2 aliphatic rings. The Bertz CT molecular complexity index is 432. The Kier molecular flexibility index (Phi) is 3.11. The molecule has 1 unspecified atom stereocenters. The number of carbonyl (C=O) groups is 1. The van der Waals surface area contributed by atoms with Crippen molar-refractivity contribution in [2.45, 2.75) is 47.0 Å². The highest BCUT2D eigenvalue weighted by Crippen LogP contribution is 2.43. The molecule has 0 aromatic heterocycles. The van der Waals surface area contributed by atoms with Crippen LogP contribution in [0.2, 0.25) is 0 Å². The average molecular weight is 230 g/mol. The van der Waals surface area contributed by atoms with Crippen LogP contribution in [0.1, 0.15) is 47.0 Å². The van der Waals surface area contributed by atoms with E-state index in [1.54, 1.807) is 6.08 Å². The van der Waals surface area contributed by atoms with E-state index in [2.05, 4.69) is 39.8 Å². The monoisotopic (exact) mass is 230 g/mol. The van der Waals surface area contributed by atoms with E-state index in [0.29, 0.717) is 12.3 Å². The molecule has 0 heterocycles. The molecule has 0 spiro atoms. The van der Waals surface area contributed by atoms with E-state index in [9.17, 15) is 4.79 Å². The molecule has 92 valence electrons. The molecule has 0 amide bonds. The molecular weight excluding hydrogens is 208 g/mol. The second kappa shape index (κ2) is 4.29. The number of allylic oxidation sites excluding steroid dienone is 6.